The van der Waals surface area contributed by atoms with E-state index in [1.165, 1.54) is 25.7 Å². The lowest BCUT2D eigenvalue weighted by atomic mass is 10.0. The molecular formula is C16H19N3. The lowest BCUT2D eigenvalue weighted by Gasteiger charge is -2.14. The Balaban J connectivity index is 1.41. The van der Waals surface area contributed by atoms with Crippen LogP contribution in [0.15, 0.2) is 30.5 Å². The molecule has 2 aromatic rings. The molecule has 0 saturated heterocycles. The highest BCUT2D eigenvalue weighted by atomic mass is 14.9. The number of fused-ring (bicyclic) bond motifs is 1. The van der Waals surface area contributed by atoms with Gasteiger partial charge in [0.25, 0.3) is 0 Å². The van der Waals surface area contributed by atoms with E-state index in [1.807, 2.05) is 30.5 Å². The van der Waals surface area contributed by atoms with Crippen molar-refractivity contribution in [1.82, 2.24) is 15.3 Å². The van der Waals surface area contributed by atoms with Crippen LogP contribution >= 0.6 is 0 Å². The van der Waals surface area contributed by atoms with Gasteiger partial charge in [-0.3, -0.25) is 4.98 Å². The van der Waals surface area contributed by atoms with Gasteiger partial charge in [-0.15, -0.1) is 0 Å². The van der Waals surface area contributed by atoms with Gasteiger partial charge in [0.2, 0.25) is 0 Å². The lowest BCUT2D eigenvalue weighted by Crippen LogP contribution is -2.25. The van der Waals surface area contributed by atoms with Crippen molar-refractivity contribution >= 4 is 11.0 Å². The maximum absolute atomic E-state index is 4.65. The van der Waals surface area contributed by atoms with E-state index in [-0.39, 0.29) is 0 Å². The molecule has 98 valence electrons. The molecule has 0 spiro atoms. The standard InChI is InChI=1S/C16H19N3/c1-2-4-15-14(3-1)18-10-13(19-15)9-17-11-16(7-8-16)12-5-6-12/h1-4,10,12,17H,5-9,11H2. The number of nitrogens with one attached hydrogen (secondary N) is 1. The van der Waals surface area contributed by atoms with E-state index in [4.69, 9.17) is 0 Å². The normalized spacial score (nSPS) is 20.6. The Kier molecular flexibility index (Phi) is 2.55. The molecule has 0 amide bonds. The Morgan fingerprint density at radius 3 is 2.68 bits per heavy atom. The van der Waals surface area contributed by atoms with Crippen LogP contribution in [0.5, 0.6) is 0 Å². The van der Waals surface area contributed by atoms with E-state index in [9.17, 15) is 0 Å². The van der Waals surface area contributed by atoms with Crippen LogP contribution in [0.2, 0.25) is 0 Å². The first-order valence-corrected chi connectivity index (χ1v) is 7.27. The lowest BCUT2D eigenvalue weighted by molar-refractivity contribution is 0.402. The summed E-state index contributed by atoms with van der Waals surface area (Å²) in [4.78, 5) is 9.11. The Bertz CT molecular complexity index is 600. The first-order valence-electron chi connectivity index (χ1n) is 7.27. The minimum Gasteiger partial charge on any atom is -0.311 e. The fourth-order valence-electron chi connectivity index (χ4n) is 3.11. The molecule has 2 aliphatic carbocycles. The summed E-state index contributed by atoms with van der Waals surface area (Å²) in [5.41, 5.74) is 3.67. The van der Waals surface area contributed by atoms with E-state index < -0.39 is 0 Å². The van der Waals surface area contributed by atoms with Crippen molar-refractivity contribution < 1.29 is 0 Å². The van der Waals surface area contributed by atoms with Crippen molar-refractivity contribution in [2.24, 2.45) is 11.3 Å². The van der Waals surface area contributed by atoms with Crippen LogP contribution in [0.4, 0.5) is 0 Å². The van der Waals surface area contributed by atoms with Gasteiger partial charge < -0.3 is 5.32 Å². The predicted octanol–water partition coefficient (Wildman–Crippen LogP) is 2.91. The molecule has 2 fully saturated rings. The molecule has 1 aromatic heterocycles. The van der Waals surface area contributed by atoms with Crippen LogP contribution in [0.3, 0.4) is 0 Å². The molecule has 2 saturated carbocycles. The average Bonchev–Trinajstić information content (AvgIpc) is 3.31. The average molecular weight is 253 g/mol. The number of para-hydroxylation sites is 2. The highest BCUT2D eigenvalue weighted by molar-refractivity contribution is 5.73. The SMILES string of the molecule is c1ccc2nc(CNCC3(C4CC4)CC3)cnc2c1. The molecule has 0 bridgehead atoms. The molecule has 0 unspecified atom stereocenters. The molecule has 0 atom stereocenters. The van der Waals surface area contributed by atoms with Crippen molar-refractivity contribution in [3.05, 3.63) is 36.2 Å². The third kappa shape index (κ3) is 2.23. The van der Waals surface area contributed by atoms with E-state index in [2.05, 4.69) is 15.3 Å². The molecule has 1 heterocycles. The topological polar surface area (TPSA) is 37.8 Å². The smallest absolute Gasteiger partial charge is 0.0890 e. The first kappa shape index (κ1) is 11.4. The molecule has 1 aromatic carbocycles. The van der Waals surface area contributed by atoms with Gasteiger partial charge in [-0.1, -0.05) is 12.1 Å². The summed E-state index contributed by atoms with van der Waals surface area (Å²) in [5.74, 6) is 1.02. The second-order valence-electron chi connectivity index (χ2n) is 6.09. The molecular weight excluding hydrogens is 234 g/mol. The van der Waals surface area contributed by atoms with Gasteiger partial charge in [0, 0.05) is 13.1 Å². The Morgan fingerprint density at radius 2 is 1.95 bits per heavy atom. The Morgan fingerprint density at radius 1 is 1.16 bits per heavy atom. The first-order chi connectivity index (χ1) is 9.36. The summed E-state index contributed by atoms with van der Waals surface area (Å²) in [6, 6.07) is 8.05. The molecule has 0 aliphatic heterocycles. The Hall–Kier alpha value is -1.48. The number of nitrogens with zero attached hydrogens (tertiary/aromatic N) is 2. The van der Waals surface area contributed by atoms with Crippen molar-refractivity contribution in [2.75, 3.05) is 6.54 Å². The van der Waals surface area contributed by atoms with Crippen LogP contribution in [0.1, 0.15) is 31.4 Å². The number of hydrogen-bond donors (Lipinski definition) is 1. The van der Waals surface area contributed by atoms with Crippen molar-refractivity contribution in [1.29, 1.82) is 0 Å². The summed E-state index contributed by atoms with van der Waals surface area (Å²) in [5, 5.41) is 3.59. The molecule has 1 N–H and O–H groups in total. The molecule has 3 heteroatoms. The Labute approximate surface area is 113 Å². The van der Waals surface area contributed by atoms with Gasteiger partial charge in [0.05, 0.1) is 22.9 Å². The fourth-order valence-corrected chi connectivity index (χ4v) is 3.11. The van der Waals surface area contributed by atoms with Gasteiger partial charge >= 0.3 is 0 Å². The third-order valence-electron chi connectivity index (χ3n) is 4.62. The molecule has 0 radical (unpaired) electrons. The van der Waals surface area contributed by atoms with Crippen LogP contribution in [0, 0.1) is 11.3 Å². The van der Waals surface area contributed by atoms with Crippen LogP contribution < -0.4 is 5.32 Å². The van der Waals surface area contributed by atoms with Gasteiger partial charge in [0.15, 0.2) is 0 Å². The van der Waals surface area contributed by atoms with Gasteiger partial charge in [-0.2, -0.15) is 0 Å². The summed E-state index contributed by atoms with van der Waals surface area (Å²) in [6.07, 6.45) is 7.66. The summed E-state index contributed by atoms with van der Waals surface area (Å²) >= 11 is 0. The van der Waals surface area contributed by atoms with Crippen LogP contribution in [-0.2, 0) is 6.54 Å². The van der Waals surface area contributed by atoms with Gasteiger partial charge in [0.1, 0.15) is 0 Å². The summed E-state index contributed by atoms with van der Waals surface area (Å²) < 4.78 is 0. The second kappa shape index (κ2) is 4.27. The van der Waals surface area contributed by atoms with Crippen molar-refractivity contribution in [2.45, 2.75) is 32.2 Å². The zero-order chi connectivity index (χ0) is 12.7. The molecule has 3 nitrogen and oxygen atoms in total. The zero-order valence-corrected chi connectivity index (χ0v) is 11.1. The third-order valence-corrected chi connectivity index (χ3v) is 4.62. The number of aromatic nitrogens is 2. The van der Waals surface area contributed by atoms with Gasteiger partial charge in [-0.05, 0) is 49.1 Å². The maximum atomic E-state index is 4.65. The fraction of sp³-hybridized carbons (Fsp3) is 0.500. The predicted molar refractivity (Wildman–Crippen MR) is 75.6 cm³/mol. The van der Waals surface area contributed by atoms with E-state index >= 15 is 0 Å². The van der Waals surface area contributed by atoms with E-state index in [0.29, 0.717) is 5.41 Å². The van der Waals surface area contributed by atoms with E-state index in [1.54, 1.807) is 0 Å². The summed E-state index contributed by atoms with van der Waals surface area (Å²) in [7, 11) is 0. The summed E-state index contributed by atoms with van der Waals surface area (Å²) in [6.45, 7) is 2.00. The highest BCUT2D eigenvalue weighted by Gasteiger charge is 2.53. The number of benzene rings is 1. The number of rotatable bonds is 5. The minimum atomic E-state index is 0.657. The quantitative estimate of drug-likeness (QED) is 0.890. The zero-order valence-electron chi connectivity index (χ0n) is 11.1. The van der Waals surface area contributed by atoms with Gasteiger partial charge in [-0.25, -0.2) is 4.98 Å². The minimum absolute atomic E-state index is 0.657. The van der Waals surface area contributed by atoms with E-state index in [0.717, 1.165) is 35.7 Å². The maximum Gasteiger partial charge on any atom is 0.0890 e. The van der Waals surface area contributed by atoms with Crippen LogP contribution in [-0.4, -0.2) is 16.5 Å². The van der Waals surface area contributed by atoms with Crippen molar-refractivity contribution in [3.63, 3.8) is 0 Å². The molecule has 19 heavy (non-hydrogen) atoms. The largest absolute Gasteiger partial charge is 0.311 e. The van der Waals surface area contributed by atoms with Crippen molar-refractivity contribution in [3.8, 4) is 0 Å². The number of hydrogen-bond acceptors (Lipinski definition) is 3. The second-order valence-corrected chi connectivity index (χ2v) is 6.09. The molecule has 2 aliphatic rings. The molecule has 4 rings (SSSR count). The highest BCUT2D eigenvalue weighted by Crippen LogP contribution is 2.60. The monoisotopic (exact) mass is 253 g/mol. The van der Waals surface area contributed by atoms with Crippen LogP contribution in [0.25, 0.3) is 11.0 Å².